The molecule has 0 saturated heterocycles. The van der Waals surface area contributed by atoms with Gasteiger partial charge in [-0.1, -0.05) is 23.7 Å². The average Bonchev–Trinajstić information content (AvgIpc) is 2.42. The van der Waals surface area contributed by atoms with E-state index in [-0.39, 0.29) is 5.02 Å². The fourth-order valence-electron chi connectivity index (χ4n) is 1.57. The van der Waals surface area contributed by atoms with Gasteiger partial charge in [-0.2, -0.15) is 0 Å². The van der Waals surface area contributed by atoms with Crippen molar-refractivity contribution in [2.24, 2.45) is 0 Å². The Morgan fingerprint density at radius 1 is 1.15 bits per heavy atom. The van der Waals surface area contributed by atoms with Crippen LogP contribution in [-0.2, 0) is 0 Å². The number of ether oxygens (including phenoxy) is 1. The molecule has 0 saturated carbocycles. The van der Waals surface area contributed by atoms with Crippen LogP contribution in [0.1, 0.15) is 0 Å². The number of benzene rings is 2. The number of nitrogens with one attached hydrogen (secondary N) is 1. The zero-order valence-electron chi connectivity index (χ0n) is 10.3. The summed E-state index contributed by atoms with van der Waals surface area (Å²) in [7, 11) is 0. The molecule has 0 heterocycles. The van der Waals surface area contributed by atoms with Gasteiger partial charge in [0.15, 0.2) is 0 Å². The largest absolute Gasteiger partial charge is 0.490 e. The predicted molar refractivity (Wildman–Crippen MR) is 87.2 cm³/mol. The Bertz CT molecular complexity index is 610. The maximum absolute atomic E-state index is 13.3. The number of hydrogen-bond donors (Lipinski definition) is 1. The van der Waals surface area contributed by atoms with Crippen LogP contribution in [0.15, 0.2) is 45.3 Å². The molecule has 106 valence electrons. The molecule has 0 aliphatic rings. The molecule has 0 atom stereocenters. The topological polar surface area (TPSA) is 21.3 Å². The maximum atomic E-state index is 13.3. The Hall–Kier alpha value is -0.780. The third kappa shape index (κ3) is 4.11. The van der Waals surface area contributed by atoms with Gasteiger partial charge in [-0.25, -0.2) is 4.39 Å². The fourth-order valence-corrected chi connectivity index (χ4v) is 2.74. The van der Waals surface area contributed by atoms with E-state index in [0.717, 1.165) is 10.2 Å². The van der Waals surface area contributed by atoms with Gasteiger partial charge in [-0.3, -0.25) is 0 Å². The summed E-state index contributed by atoms with van der Waals surface area (Å²) in [5.74, 6) is -0.0653. The van der Waals surface area contributed by atoms with Crippen LogP contribution >= 0.6 is 43.5 Å². The third-order valence-corrected chi connectivity index (χ3v) is 4.12. The summed E-state index contributed by atoms with van der Waals surface area (Å²) in [6.45, 7) is 1.00. The van der Waals surface area contributed by atoms with E-state index in [1.807, 2.05) is 24.3 Å². The highest BCUT2D eigenvalue weighted by molar-refractivity contribution is 9.11. The Morgan fingerprint density at radius 3 is 2.65 bits per heavy atom. The highest BCUT2D eigenvalue weighted by Gasteiger charge is 2.07. The first-order valence-electron chi connectivity index (χ1n) is 5.83. The molecule has 2 aromatic carbocycles. The van der Waals surface area contributed by atoms with E-state index in [9.17, 15) is 4.39 Å². The molecule has 2 rings (SSSR count). The van der Waals surface area contributed by atoms with Crippen molar-refractivity contribution < 1.29 is 9.13 Å². The zero-order valence-corrected chi connectivity index (χ0v) is 14.2. The van der Waals surface area contributed by atoms with Gasteiger partial charge in [0, 0.05) is 22.8 Å². The van der Waals surface area contributed by atoms with E-state index in [1.165, 1.54) is 12.1 Å². The van der Waals surface area contributed by atoms with Gasteiger partial charge in [-0.05, 0) is 50.1 Å². The molecule has 0 aromatic heterocycles. The number of para-hydroxylation sites is 1. The number of anilines is 1. The normalized spacial score (nSPS) is 10.4. The molecule has 0 bridgehead atoms. The van der Waals surface area contributed by atoms with Crippen LogP contribution < -0.4 is 10.1 Å². The lowest BCUT2D eigenvalue weighted by molar-refractivity contribution is 0.329. The minimum atomic E-state index is -0.497. The summed E-state index contributed by atoms with van der Waals surface area (Å²) in [6, 6.07) is 10.5. The van der Waals surface area contributed by atoms with Gasteiger partial charge in [0.1, 0.15) is 18.2 Å². The molecular weight excluding hydrogens is 412 g/mol. The van der Waals surface area contributed by atoms with E-state index in [0.29, 0.717) is 23.4 Å². The van der Waals surface area contributed by atoms with Crippen molar-refractivity contribution in [1.82, 2.24) is 0 Å². The van der Waals surface area contributed by atoms with Crippen molar-refractivity contribution in [1.29, 1.82) is 0 Å². The van der Waals surface area contributed by atoms with E-state index in [4.69, 9.17) is 16.3 Å². The van der Waals surface area contributed by atoms with Crippen molar-refractivity contribution in [3.8, 4) is 5.75 Å². The Morgan fingerprint density at radius 2 is 1.90 bits per heavy atom. The lowest BCUT2D eigenvalue weighted by Crippen LogP contribution is -2.12. The third-order valence-electron chi connectivity index (χ3n) is 2.52. The van der Waals surface area contributed by atoms with Crippen LogP contribution in [0.25, 0.3) is 0 Å². The van der Waals surface area contributed by atoms with Crippen molar-refractivity contribution in [3.63, 3.8) is 0 Å². The average molecular weight is 424 g/mol. The summed E-state index contributed by atoms with van der Waals surface area (Å²) >= 11 is 12.4. The molecule has 0 fully saturated rings. The fraction of sp³-hybridized carbons (Fsp3) is 0.143. The van der Waals surface area contributed by atoms with E-state index >= 15 is 0 Å². The highest BCUT2D eigenvalue weighted by Crippen LogP contribution is 2.30. The monoisotopic (exact) mass is 421 g/mol. The van der Waals surface area contributed by atoms with Gasteiger partial charge < -0.3 is 10.1 Å². The van der Waals surface area contributed by atoms with Crippen molar-refractivity contribution in [2.45, 2.75) is 0 Å². The van der Waals surface area contributed by atoms with Gasteiger partial charge in [0.25, 0.3) is 0 Å². The Balaban J connectivity index is 1.88. The smallest absolute Gasteiger partial charge is 0.145 e. The van der Waals surface area contributed by atoms with Crippen LogP contribution in [0.5, 0.6) is 5.75 Å². The SMILES string of the molecule is Fc1cc(OCCNc2ccccc2Br)c(Br)cc1Cl. The quantitative estimate of drug-likeness (QED) is 0.507. The molecule has 0 amide bonds. The highest BCUT2D eigenvalue weighted by atomic mass is 79.9. The van der Waals surface area contributed by atoms with Crippen molar-refractivity contribution in [3.05, 3.63) is 56.2 Å². The van der Waals surface area contributed by atoms with Crippen LogP contribution in [0.2, 0.25) is 5.02 Å². The molecule has 0 radical (unpaired) electrons. The van der Waals surface area contributed by atoms with E-state index in [1.54, 1.807) is 0 Å². The zero-order chi connectivity index (χ0) is 14.5. The standard InChI is InChI=1S/C14H11Br2ClFNO/c15-9-3-1-2-4-13(9)19-5-6-20-14-8-12(18)11(17)7-10(14)16/h1-4,7-8,19H,5-6H2. The summed E-state index contributed by atoms with van der Waals surface area (Å²) in [5, 5.41) is 3.29. The van der Waals surface area contributed by atoms with Crippen LogP contribution in [0.3, 0.4) is 0 Å². The molecule has 20 heavy (non-hydrogen) atoms. The second kappa shape index (κ2) is 7.29. The van der Waals surface area contributed by atoms with E-state index < -0.39 is 5.82 Å². The first-order valence-corrected chi connectivity index (χ1v) is 7.80. The van der Waals surface area contributed by atoms with Gasteiger partial charge in [0.05, 0.1) is 9.50 Å². The minimum Gasteiger partial charge on any atom is -0.490 e. The molecule has 6 heteroatoms. The molecule has 0 aliphatic carbocycles. The summed E-state index contributed by atoms with van der Waals surface area (Å²) in [5.41, 5.74) is 0.984. The predicted octanol–water partition coefficient (Wildman–Crippen LogP) is 5.50. The summed E-state index contributed by atoms with van der Waals surface area (Å²) in [4.78, 5) is 0. The lowest BCUT2D eigenvalue weighted by atomic mass is 10.3. The minimum absolute atomic E-state index is 0.0653. The van der Waals surface area contributed by atoms with Gasteiger partial charge in [0.2, 0.25) is 0 Å². The van der Waals surface area contributed by atoms with Gasteiger partial charge in [-0.15, -0.1) is 0 Å². The van der Waals surface area contributed by atoms with Gasteiger partial charge >= 0.3 is 0 Å². The Kier molecular flexibility index (Phi) is 5.69. The molecule has 2 nitrogen and oxygen atoms in total. The van der Waals surface area contributed by atoms with Crippen molar-refractivity contribution in [2.75, 3.05) is 18.5 Å². The van der Waals surface area contributed by atoms with Crippen LogP contribution in [0, 0.1) is 5.82 Å². The molecule has 0 spiro atoms. The van der Waals surface area contributed by atoms with Crippen LogP contribution in [-0.4, -0.2) is 13.2 Å². The molecule has 0 aliphatic heterocycles. The lowest BCUT2D eigenvalue weighted by Gasteiger charge is -2.11. The summed E-state index contributed by atoms with van der Waals surface area (Å²) < 4.78 is 20.5. The maximum Gasteiger partial charge on any atom is 0.145 e. The van der Waals surface area contributed by atoms with Crippen LogP contribution in [0.4, 0.5) is 10.1 Å². The molecule has 0 unspecified atom stereocenters. The molecule has 1 N–H and O–H groups in total. The number of rotatable bonds is 5. The van der Waals surface area contributed by atoms with E-state index in [2.05, 4.69) is 37.2 Å². The second-order valence-corrected chi connectivity index (χ2v) is 6.07. The Labute approximate surface area is 138 Å². The molecular formula is C14H11Br2ClFNO. The van der Waals surface area contributed by atoms with Crippen molar-refractivity contribution >= 4 is 49.1 Å². The first kappa shape index (κ1) is 15.6. The number of hydrogen-bond acceptors (Lipinski definition) is 2. The second-order valence-electron chi connectivity index (χ2n) is 3.95. The summed E-state index contributed by atoms with van der Waals surface area (Å²) in [6.07, 6.45) is 0. The number of halogens is 4. The first-order chi connectivity index (χ1) is 9.58. The molecule has 2 aromatic rings.